The predicted molar refractivity (Wildman–Crippen MR) is 88.4 cm³/mol. The minimum Gasteiger partial charge on any atom is -0.494 e. The quantitative estimate of drug-likeness (QED) is 0.612. The molecule has 2 aromatic carbocycles. The van der Waals surface area contributed by atoms with Gasteiger partial charge in [-0.25, -0.2) is 4.39 Å². The third-order valence-corrected chi connectivity index (χ3v) is 4.03. The molecule has 3 nitrogen and oxygen atoms in total. The van der Waals surface area contributed by atoms with E-state index in [1.807, 2.05) is 0 Å². The molecule has 0 radical (unpaired) electrons. The molecule has 25 heavy (non-hydrogen) atoms. The molecular weight excluding hydrogens is 358 g/mol. The van der Waals surface area contributed by atoms with E-state index in [4.69, 9.17) is 21.7 Å². The number of rotatable bonds is 2. The van der Waals surface area contributed by atoms with Crippen molar-refractivity contribution in [1.82, 2.24) is 0 Å². The van der Waals surface area contributed by atoms with E-state index in [1.165, 1.54) is 25.3 Å². The van der Waals surface area contributed by atoms with Crippen molar-refractivity contribution in [3.63, 3.8) is 0 Å². The number of fused-ring (bicyclic) bond motifs is 1. The van der Waals surface area contributed by atoms with Crippen molar-refractivity contribution < 1.29 is 27.0 Å². The molecule has 1 aliphatic rings. The summed E-state index contributed by atoms with van der Waals surface area (Å²) in [6.07, 6.45) is -5.58. The van der Waals surface area contributed by atoms with Crippen molar-refractivity contribution in [2.24, 2.45) is 0 Å². The summed E-state index contributed by atoms with van der Waals surface area (Å²) >= 11 is 5.08. The minimum absolute atomic E-state index is 0.0191. The Balaban J connectivity index is 2.17. The first kappa shape index (κ1) is 17.6. The van der Waals surface area contributed by atoms with E-state index in [0.29, 0.717) is 10.7 Å². The van der Waals surface area contributed by atoms with E-state index < -0.39 is 23.7 Å². The summed E-state index contributed by atoms with van der Waals surface area (Å²) in [5.74, 6) is -0.708. The van der Waals surface area contributed by atoms with Gasteiger partial charge >= 0.3 is 6.18 Å². The van der Waals surface area contributed by atoms with E-state index in [2.05, 4.69) is 5.32 Å². The zero-order valence-corrected chi connectivity index (χ0v) is 13.8. The van der Waals surface area contributed by atoms with Gasteiger partial charge in [-0.05, 0) is 24.3 Å². The zero-order chi connectivity index (χ0) is 18.2. The molecule has 0 amide bonds. The maximum absolute atomic E-state index is 14.6. The van der Waals surface area contributed by atoms with Crippen LogP contribution in [0.5, 0.6) is 5.75 Å². The molecule has 0 saturated carbocycles. The van der Waals surface area contributed by atoms with E-state index in [9.17, 15) is 17.6 Å². The van der Waals surface area contributed by atoms with Crippen molar-refractivity contribution in [1.29, 1.82) is 0 Å². The van der Waals surface area contributed by atoms with Gasteiger partial charge in [-0.15, -0.1) is 0 Å². The fourth-order valence-corrected chi connectivity index (χ4v) is 2.83. The molecule has 0 aliphatic carbocycles. The lowest BCUT2D eigenvalue weighted by molar-refractivity contribution is -0.137. The summed E-state index contributed by atoms with van der Waals surface area (Å²) in [5, 5.41) is 2.83. The van der Waals surface area contributed by atoms with Crippen LogP contribution in [0.4, 0.5) is 23.2 Å². The highest BCUT2D eigenvalue weighted by atomic mass is 32.1. The van der Waals surface area contributed by atoms with Crippen LogP contribution in [0.2, 0.25) is 0 Å². The Labute approximate surface area is 146 Å². The topological polar surface area (TPSA) is 30.5 Å². The number of hydrogen-bond acceptors (Lipinski definition) is 3. The fourth-order valence-electron chi connectivity index (χ4n) is 2.65. The molecule has 132 valence electrons. The number of methoxy groups -OCH3 is 1. The number of halogens is 4. The predicted octanol–water partition coefficient (Wildman–Crippen LogP) is 4.71. The molecule has 0 fully saturated rings. The van der Waals surface area contributed by atoms with Gasteiger partial charge in [0.1, 0.15) is 11.1 Å². The molecule has 1 atom stereocenters. The highest BCUT2D eigenvalue weighted by molar-refractivity contribution is 7.80. The number of nitrogens with one attached hydrogen (secondary N) is 1. The fraction of sp³-hybridized carbons (Fsp3) is 0.235. The van der Waals surface area contributed by atoms with Gasteiger partial charge in [-0.1, -0.05) is 24.4 Å². The first-order chi connectivity index (χ1) is 11.8. The van der Waals surface area contributed by atoms with Gasteiger partial charge in [-0.2, -0.15) is 13.2 Å². The maximum atomic E-state index is 14.6. The minimum atomic E-state index is -4.53. The van der Waals surface area contributed by atoms with E-state index in [1.54, 1.807) is 6.07 Å². The van der Waals surface area contributed by atoms with Crippen molar-refractivity contribution in [3.8, 4) is 5.75 Å². The molecule has 0 unspecified atom stereocenters. The van der Waals surface area contributed by atoms with Crippen molar-refractivity contribution in [2.45, 2.75) is 12.3 Å². The van der Waals surface area contributed by atoms with Gasteiger partial charge in [0, 0.05) is 16.8 Å². The summed E-state index contributed by atoms with van der Waals surface area (Å²) < 4.78 is 64.4. The largest absolute Gasteiger partial charge is 0.494 e. The van der Waals surface area contributed by atoms with Crippen molar-refractivity contribution in [3.05, 3.63) is 58.9 Å². The maximum Gasteiger partial charge on any atom is 0.416 e. The van der Waals surface area contributed by atoms with Crippen LogP contribution in [0.25, 0.3) is 0 Å². The molecule has 1 aliphatic heterocycles. The molecule has 1 heterocycles. The van der Waals surface area contributed by atoms with Gasteiger partial charge in [0.2, 0.25) is 0 Å². The Morgan fingerprint density at radius 2 is 1.96 bits per heavy atom. The van der Waals surface area contributed by atoms with Crippen LogP contribution >= 0.6 is 12.2 Å². The van der Waals surface area contributed by atoms with Crippen LogP contribution in [-0.2, 0) is 10.9 Å². The second kappa shape index (κ2) is 6.61. The highest BCUT2D eigenvalue weighted by Crippen LogP contribution is 2.40. The van der Waals surface area contributed by atoms with Crippen LogP contribution in [-0.4, -0.2) is 18.7 Å². The number of benzene rings is 2. The Hall–Kier alpha value is -2.19. The van der Waals surface area contributed by atoms with Gasteiger partial charge in [0.05, 0.1) is 19.3 Å². The summed E-state index contributed by atoms with van der Waals surface area (Å²) in [5.41, 5.74) is -0.270. The zero-order valence-electron chi connectivity index (χ0n) is 13.0. The summed E-state index contributed by atoms with van der Waals surface area (Å²) in [6, 6.07) is 7.57. The highest BCUT2D eigenvalue weighted by Gasteiger charge is 2.34. The van der Waals surface area contributed by atoms with E-state index in [0.717, 1.165) is 12.1 Å². The van der Waals surface area contributed by atoms with E-state index >= 15 is 0 Å². The molecule has 3 rings (SSSR count). The second-order valence-electron chi connectivity index (χ2n) is 5.40. The number of alkyl halides is 3. The molecule has 0 saturated heterocycles. The SMILES string of the molecule is COc1cccc([C@H]2OCC(=S)Nc3ccc(C(F)(F)F)cc32)c1F. The lowest BCUT2D eigenvalue weighted by Gasteiger charge is -2.20. The van der Waals surface area contributed by atoms with Crippen molar-refractivity contribution in [2.75, 3.05) is 19.0 Å². The number of anilines is 1. The van der Waals surface area contributed by atoms with Crippen molar-refractivity contribution >= 4 is 22.9 Å². The molecule has 2 aromatic rings. The summed E-state index contributed by atoms with van der Waals surface area (Å²) in [7, 11) is 1.31. The normalized spacial score (nSPS) is 17.5. The van der Waals surface area contributed by atoms with Gasteiger partial charge < -0.3 is 14.8 Å². The van der Waals surface area contributed by atoms with E-state index in [-0.39, 0.29) is 23.5 Å². The Kier molecular flexibility index (Phi) is 4.66. The smallest absolute Gasteiger partial charge is 0.416 e. The third-order valence-electron chi connectivity index (χ3n) is 3.81. The number of thiocarbonyl (C=S) groups is 1. The van der Waals surface area contributed by atoms with Crippen LogP contribution < -0.4 is 10.1 Å². The monoisotopic (exact) mass is 371 g/mol. The summed E-state index contributed by atoms with van der Waals surface area (Å²) in [6.45, 7) is -0.0489. The van der Waals surface area contributed by atoms with Crippen LogP contribution in [0, 0.1) is 5.82 Å². The standard InChI is InChI=1S/C17H13F4NO2S/c1-23-13-4-2-3-10(15(13)18)16-11-7-9(17(19,20)21)5-6-12(11)22-14(25)8-24-16/h2-7,16H,8H2,1H3,(H,22,25)/t16-/m1/s1. The molecule has 0 aromatic heterocycles. The Morgan fingerprint density at radius 1 is 1.20 bits per heavy atom. The molecular formula is C17H13F4NO2S. The van der Waals surface area contributed by atoms with Gasteiger partial charge in [0.15, 0.2) is 11.6 Å². The third kappa shape index (κ3) is 3.45. The second-order valence-corrected chi connectivity index (χ2v) is 5.90. The molecule has 0 spiro atoms. The lowest BCUT2D eigenvalue weighted by atomic mass is 9.97. The lowest BCUT2D eigenvalue weighted by Crippen LogP contribution is -2.13. The Bertz CT molecular complexity index is 823. The first-order valence-electron chi connectivity index (χ1n) is 7.26. The molecule has 1 N–H and O–H groups in total. The summed E-state index contributed by atoms with van der Waals surface area (Å²) in [4.78, 5) is 0.298. The van der Waals surface area contributed by atoms with Gasteiger partial charge in [0.25, 0.3) is 0 Å². The number of ether oxygens (including phenoxy) is 2. The van der Waals surface area contributed by atoms with Crippen LogP contribution in [0.15, 0.2) is 36.4 Å². The average molecular weight is 371 g/mol. The Morgan fingerprint density at radius 3 is 2.64 bits per heavy atom. The van der Waals surface area contributed by atoms with Gasteiger partial charge in [-0.3, -0.25) is 0 Å². The van der Waals surface area contributed by atoms with Crippen LogP contribution in [0.1, 0.15) is 22.8 Å². The molecule has 8 heteroatoms. The number of hydrogen-bond donors (Lipinski definition) is 1. The first-order valence-corrected chi connectivity index (χ1v) is 7.67. The average Bonchev–Trinajstić information content (AvgIpc) is 2.72. The van der Waals surface area contributed by atoms with Crippen LogP contribution in [0.3, 0.4) is 0 Å². The molecule has 0 bridgehead atoms.